The van der Waals surface area contributed by atoms with Crippen molar-refractivity contribution in [1.29, 1.82) is 0 Å². The van der Waals surface area contributed by atoms with Gasteiger partial charge in [0.2, 0.25) is 0 Å². The molecule has 0 spiro atoms. The van der Waals surface area contributed by atoms with Gasteiger partial charge in [-0.2, -0.15) is 5.48 Å². The molecule has 0 bridgehead atoms. The fourth-order valence-corrected chi connectivity index (χ4v) is 4.08. The van der Waals surface area contributed by atoms with Gasteiger partial charge in [-0.25, -0.2) is 0 Å². The predicted octanol–water partition coefficient (Wildman–Crippen LogP) is 3.96. The molecule has 5 nitrogen and oxygen atoms in total. The minimum Gasteiger partial charge on any atom is -0.379 e. The second kappa shape index (κ2) is 7.84. The Labute approximate surface area is 171 Å². The molecule has 2 aliphatic rings. The van der Waals surface area contributed by atoms with Gasteiger partial charge in [0.15, 0.2) is 0 Å². The molecular formula is C24H24N4O. The molecule has 1 aliphatic carbocycles. The Morgan fingerprint density at radius 3 is 2.93 bits per heavy atom. The Morgan fingerprint density at radius 1 is 1.31 bits per heavy atom. The van der Waals surface area contributed by atoms with Gasteiger partial charge in [-0.05, 0) is 29.9 Å². The summed E-state index contributed by atoms with van der Waals surface area (Å²) in [7, 11) is 2.09. The number of nitrogens with one attached hydrogen (secondary N) is 1. The van der Waals surface area contributed by atoms with E-state index < -0.39 is 0 Å². The normalized spacial score (nSPS) is 21.1. The van der Waals surface area contributed by atoms with Crippen molar-refractivity contribution >= 4 is 16.6 Å². The molecule has 29 heavy (non-hydrogen) atoms. The van der Waals surface area contributed by atoms with E-state index in [1.54, 1.807) is 0 Å². The van der Waals surface area contributed by atoms with Crippen molar-refractivity contribution in [2.24, 2.45) is 4.99 Å². The van der Waals surface area contributed by atoms with E-state index >= 15 is 0 Å². The number of hydroxylamine groups is 1. The number of likely N-dealkylation sites (N-methyl/N-ethyl adjacent to an activating group) is 1. The lowest BCUT2D eigenvalue weighted by Crippen LogP contribution is -2.36. The Kier molecular flexibility index (Phi) is 5.09. The van der Waals surface area contributed by atoms with Crippen molar-refractivity contribution in [1.82, 2.24) is 15.4 Å². The standard InChI is InChI=1S/C24H24N4O/c1-5-19(16(3)29-26-6-2)17-11-12-23-22(13-17)27-24(28(23)4)21-15-25-14-18-9-7-8-10-20(18)21/h2,7-15,22-23,26H,5H2,1,3-4H3/b19-16+. The molecule has 146 valence electrons. The number of fused-ring (bicyclic) bond motifs is 2. The van der Waals surface area contributed by atoms with Crippen molar-refractivity contribution in [3.63, 3.8) is 0 Å². The average Bonchev–Trinajstić information content (AvgIpc) is 3.08. The molecule has 0 amide bonds. The average molecular weight is 384 g/mol. The first-order valence-electron chi connectivity index (χ1n) is 9.75. The Balaban J connectivity index is 1.71. The third kappa shape index (κ3) is 3.38. The molecule has 1 aromatic carbocycles. The molecule has 2 aromatic rings. The summed E-state index contributed by atoms with van der Waals surface area (Å²) in [4.78, 5) is 17.2. The Bertz CT molecular complexity index is 1100. The number of hydrogen-bond acceptors (Lipinski definition) is 5. The number of hydrogen-bond donors (Lipinski definition) is 1. The summed E-state index contributed by atoms with van der Waals surface area (Å²) in [5.74, 6) is 1.74. The summed E-state index contributed by atoms with van der Waals surface area (Å²) < 4.78 is 0. The first-order chi connectivity index (χ1) is 14.1. The third-order valence-electron chi connectivity index (χ3n) is 5.53. The molecule has 2 unspecified atom stereocenters. The molecule has 1 aromatic heterocycles. The molecule has 1 aliphatic heterocycles. The molecule has 0 fully saturated rings. The predicted molar refractivity (Wildman–Crippen MR) is 117 cm³/mol. The number of benzene rings is 1. The van der Waals surface area contributed by atoms with Crippen LogP contribution in [-0.4, -0.2) is 34.9 Å². The van der Waals surface area contributed by atoms with Crippen LogP contribution in [0.1, 0.15) is 25.8 Å². The van der Waals surface area contributed by atoms with Crippen LogP contribution in [0.3, 0.4) is 0 Å². The molecule has 0 saturated heterocycles. The van der Waals surface area contributed by atoms with Gasteiger partial charge in [0.25, 0.3) is 0 Å². The summed E-state index contributed by atoms with van der Waals surface area (Å²) in [5, 5.41) is 2.28. The van der Waals surface area contributed by atoms with E-state index in [9.17, 15) is 0 Å². The number of rotatable bonds is 5. The van der Waals surface area contributed by atoms with Gasteiger partial charge in [0, 0.05) is 36.4 Å². The van der Waals surface area contributed by atoms with Crippen molar-refractivity contribution in [3.8, 4) is 12.5 Å². The molecule has 1 N–H and O–H groups in total. The fraction of sp³-hybridized carbons (Fsp3) is 0.250. The minimum absolute atomic E-state index is 0.0453. The smallest absolute Gasteiger partial charge is 0.134 e. The van der Waals surface area contributed by atoms with Crippen molar-refractivity contribution in [2.75, 3.05) is 7.05 Å². The summed E-state index contributed by atoms with van der Waals surface area (Å²) in [5.41, 5.74) is 5.78. The maximum absolute atomic E-state index is 5.43. The first-order valence-corrected chi connectivity index (χ1v) is 9.75. The maximum Gasteiger partial charge on any atom is 0.134 e. The Hall–Kier alpha value is -3.52. The zero-order valence-electron chi connectivity index (χ0n) is 16.9. The highest BCUT2D eigenvalue weighted by Crippen LogP contribution is 2.32. The van der Waals surface area contributed by atoms with Crippen LogP contribution in [-0.2, 0) is 4.84 Å². The quantitative estimate of drug-likeness (QED) is 0.367. The maximum atomic E-state index is 5.43. The second-order valence-electron chi connectivity index (χ2n) is 7.17. The molecule has 0 saturated carbocycles. The van der Waals surface area contributed by atoms with Crippen LogP contribution in [0.25, 0.3) is 10.8 Å². The molecule has 0 radical (unpaired) electrons. The minimum atomic E-state index is 0.0453. The van der Waals surface area contributed by atoms with Gasteiger partial charge in [-0.1, -0.05) is 55.8 Å². The number of pyridine rings is 1. The number of amidine groups is 1. The first kappa shape index (κ1) is 18.8. The van der Waals surface area contributed by atoms with Crippen LogP contribution < -0.4 is 5.48 Å². The van der Waals surface area contributed by atoms with E-state index in [-0.39, 0.29) is 12.1 Å². The highest BCUT2D eigenvalue weighted by molar-refractivity contribution is 6.10. The number of allylic oxidation sites excluding steroid dienone is 4. The van der Waals surface area contributed by atoms with Gasteiger partial charge in [0.1, 0.15) is 11.6 Å². The lowest BCUT2D eigenvalue weighted by atomic mass is 9.92. The number of aliphatic imine (C=N–C) groups is 1. The number of terminal acetylenes is 1. The summed E-state index contributed by atoms with van der Waals surface area (Å²) in [6, 6.07) is 10.8. The summed E-state index contributed by atoms with van der Waals surface area (Å²) >= 11 is 0. The van der Waals surface area contributed by atoms with Crippen LogP contribution in [0.4, 0.5) is 0 Å². The molecule has 2 heterocycles. The molecular weight excluding hydrogens is 360 g/mol. The monoisotopic (exact) mass is 384 g/mol. The molecule has 2 atom stereocenters. The third-order valence-corrected chi connectivity index (χ3v) is 5.53. The van der Waals surface area contributed by atoms with Gasteiger partial charge in [0.05, 0.1) is 12.1 Å². The highest BCUT2D eigenvalue weighted by atomic mass is 16.6. The zero-order valence-corrected chi connectivity index (χ0v) is 16.9. The van der Waals surface area contributed by atoms with Crippen LogP contribution in [0.2, 0.25) is 0 Å². The zero-order chi connectivity index (χ0) is 20.4. The van der Waals surface area contributed by atoms with E-state index in [4.69, 9.17) is 16.3 Å². The summed E-state index contributed by atoms with van der Waals surface area (Å²) in [6.45, 7) is 4.03. The van der Waals surface area contributed by atoms with Gasteiger partial charge < -0.3 is 9.74 Å². The van der Waals surface area contributed by atoms with Gasteiger partial charge >= 0.3 is 0 Å². The van der Waals surface area contributed by atoms with E-state index in [0.717, 1.165) is 40.1 Å². The second-order valence-corrected chi connectivity index (χ2v) is 7.17. The highest BCUT2D eigenvalue weighted by Gasteiger charge is 2.34. The van der Waals surface area contributed by atoms with Crippen molar-refractivity contribution < 1.29 is 4.84 Å². The van der Waals surface area contributed by atoms with E-state index in [2.05, 4.69) is 71.8 Å². The topological polar surface area (TPSA) is 49.8 Å². The van der Waals surface area contributed by atoms with E-state index in [0.29, 0.717) is 0 Å². The lowest BCUT2D eigenvalue weighted by molar-refractivity contribution is 0.149. The fourth-order valence-electron chi connectivity index (χ4n) is 4.08. The van der Waals surface area contributed by atoms with E-state index in [1.807, 2.05) is 25.4 Å². The lowest BCUT2D eigenvalue weighted by Gasteiger charge is -2.26. The van der Waals surface area contributed by atoms with Crippen LogP contribution in [0, 0.1) is 12.5 Å². The van der Waals surface area contributed by atoms with E-state index in [1.165, 1.54) is 5.39 Å². The summed E-state index contributed by atoms with van der Waals surface area (Å²) in [6.07, 6.45) is 16.4. The number of nitrogens with zero attached hydrogens (tertiary/aromatic N) is 3. The van der Waals surface area contributed by atoms with Crippen molar-refractivity contribution in [2.45, 2.75) is 32.4 Å². The van der Waals surface area contributed by atoms with Gasteiger partial charge in [-0.15, -0.1) is 0 Å². The van der Waals surface area contributed by atoms with Crippen LogP contribution in [0.5, 0.6) is 0 Å². The van der Waals surface area contributed by atoms with Gasteiger partial charge in [-0.3, -0.25) is 9.98 Å². The van der Waals surface area contributed by atoms with Crippen molar-refractivity contribution in [3.05, 3.63) is 77.4 Å². The largest absolute Gasteiger partial charge is 0.379 e. The SMILES string of the molecule is C#CNO/C(C)=C(\CC)C1=CC2N=C(c3cncc4ccccc34)N(C)C2C=C1. The molecule has 4 rings (SSSR count). The Morgan fingerprint density at radius 2 is 2.14 bits per heavy atom. The van der Waals surface area contributed by atoms with Crippen LogP contribution in [0.15, 0.2) is 76.8 Å². The van der Waals surface area contributed by atoms with Crippen LogP contribution >= 0.6 is 0 Å². The molecule has 5 heteroatoms. The number of aromatic nitrogens is 1.